The number of aromatic amines is 1. The average Bonchev–Trinajstić information content (AvgIpc) is 2.85. The molecule has 0 aliphatic heterocycles. The molecule has 1 unspecified atom stereocenters. The lowest BCUT2D eigenvalue weighted by Crippen LogP contribution is -2.25. The van der Waals surface area contributed by atoms with Gasteiger partial charge in [-0.25, -0.2) is 0 Å². The quantitative estimate of drug-likeness (QED) is 0.871. The van der Waals surface area contributed by atoms with Gasteiger partial charge in [0.25, 0.3) is 5.91 Å². The van der Waals surface area contributed by atoms with E-state index in [1.54, 1.807) is 6.20 Å². The molecule has 0 radical (unpaired) electrons. The normalized spacial score (nSPS) is 12.6. The molecule has 0 saturated heterocycles. The first-order chi connectivity index (χ1) is 8.70. The van der Waals surface area contributed by atoms with Gasteiger partial charge in [-0.3, -0.25) is 9.89 Å². The van der Waals surface area contributed by atoms with Crippen molar-refractivity contribution in [1.29, 1.82) is 0 Å². The molecule has 2 aromatic rings. The number of nitrogens with one attached hydrogen (secondary N) is 2. The summed E-state index contributed by atoms with van der Waals surface area (Å²) in [4.78, 5) is 11.9. The summed E-state index contributed by atoms with van der Waals surface area (Å²) < 4.78 is 0. The van der Waals surface area contributed by atoms with Crippen LogP contribution in [0.2, 0.25) is 0 Å². The van der Waals surface area contributed by atoms with Gasteiger partial charge in [0.1, 0.15) is 0 Å². The summed E-state index contributed by atoms with van der Waals surface area (Å²) in [5.41, 5.74) is 1.56. The molecule has 2 N–H and O–H groups in total. The Bertz CT molecular complexity index is 538. The van der Waals surface area contributed by atoms with E-state index in [4.69, 9.17) is 0 Å². The Morgan fingerprint density at radius 3 is 3.17 bits per heavy atom. The Morgan fingerprint density at radius 2 is 2.39 bits per heavy atom. The minimum atomic E-state index is -0.0280. The van der Waals surface area contributed by atoms with E-state index in [0.29, 0.717) is 17.4 Å². The van der Waals surface area contributed by atoms with Gasteiger partial charge in [0.2, 0.25) is 0 Å². The zero-order valence-corrected chi connectivity index (χ0v) is 11.4. The van der Waals surface area contributed by atoms with Crippen molar-refractivity contribution in [1.82, 2.24) is 15.5 Å². The molecule has 1 atom stereocenters. The molecule has 1 aromatic carbocycles. The number of aromatic nitrogens is 2. The highest BCUT2D eigenvalue weighted by Gasteiger charge is 2.07. The average molecular weight is 263 g/mol. The van der Waals surface area contributed by atoms with Crippen LogP contribution in [0, 0.1) is 0 Å². The first kappa shape index (κ1) is 13.0. The van der Waals surface area contributed by atoms with Gasteiger partial charge in [-0.1, -0.05) is 13.0 Å². The fourth-order valence-electron chi connectivity index (χ4n) is 1.69. The molecular formula is C13H17N3OS. The van der Waals surface area contributed by atoms with Crippen LogP contribution in [0.3, 0.4) is 0 Å². The van der Waals surface area contributed by atoms with Crippen LogP contribution in [0.1, 0.15) is 23.7 Å². The molecule has 4 nitrogen and oxygen atoms in total. The van der Waals surface area contributed by atoms with Crippen LogP contribution in [0.4, 0.5) is 0 Å². The Labute approximate surface area is 111 Å². The maximum atomic E-state index is 11.9. The first-order valence-electron chi connectivity index (χ1n) is 5.95. The Hall–Kier alpha value is -1.49. The van der Waals surface area contributed by atoms with Crippen LogP contribution in [0.15, 0.2) is 24.4 Å². The minimum absolute atomic E-state index is 0.0280. The highest BCUT2D eigenvalue weighted by Crippen LogP contribution is 2.13. The number of thioether (sulfide) groups is 1. The van der Waals surface area contributed by atoms with Gasteiger partial charge < -0.3 is 5.32 Å². The van der Waals surface area contributed by atoms with Crippen LogP contribution >= 0.6 is 11.8 Å². The van der Waals surface area contributed by atoms with E-state index in [2.05, 4.69) is 28.7 Å². The van der Waals surface area contributed by atoms with Crippen molar-refractivity contribution in [2.24, 2.45) is 0 Å². The molecule has 0 bridgehead atoms. The summed E-state index contributed by atoms with van der Waals surface area (Å²) in [5, 5.41) is 11.3. The summed E-state index contributed by atoms with van der Waals surface area (Å²) in [6.45, 7) is 2.87. The molecule has 1 aromatic heterocycles. The highest BCUT2D eigenvalue weighted by atomic mass is 32.2. The van der Waals surface area contributed by atoms with E-state index < -0.39 is 0 Å². The van der Waals surface area contributed by atoms with Gasteiger partial charge >= 0.3 is 0 Å². The monoisotopic (exact) mass is 263 g/mol. The summed E-state index contributed by atoms with van der Waals surface area (Å²) in [6, 6.07) is 5.55. The van der Waals surface area contributed by atoms with Gasteiger partial charge in [-0.05, 0) is 24.8 Å². The van der Waals surface area contributed by atoms with Gasteiger partial charge in [0.15, 0.2) is 0 Å². The van der Waals surface area contributed by atoms with Crippen molar-refractivity contribution >= 4 is 28.6 Å². The number of benzene rings is 1. The maximum Gasteiger partial charge on any atom is 0.251 e. The summed E-state index contributed by atoms with van der Waals surface area (Å²) in [6.07, 6.45) is 4.81. The molecule has 2 rings (SSSR count). The second kappa shape index (κ2) is 5.91. The summed E-state index contributed by atoms with van der Waals surface area (Å²) >= 11 is 1.81. The molecule has 18 heavy (non-hydrogen) atoms. The Morgan fingerprint density at radius 1 is 1.56 bits per heavy atom. The standard InChI is InChI=1S/C13H17N3OS/c1-9(18-2)5-6-14-13(17)10-3-4-11-8-15-16-12(11)7-10/h3-4,7-9H,5-6H2,1-2H3,(H,14,17)(H,15,16). The van der Waals surface area contributed by atoms with Crippen molar-refractivity contribution in [2.75, 3.05) is 12.8 Å². The fourth-order valence-corrected chi connectivity index (χ4v) is 2.04. The van der Waals surface area contributed by atoms with E-state index >= 15 is 0 Å². The third kappa shape index (κ3) is 3.04. The number of hydrogen-bond acceptors (Lipinski definition) is 3. The molecule has 0 saturated carbocycles. The van der Waals surface area contributed by atoms with E-state index in [1.807, 2.05) is 30.0 Å². The van der Waals surface area contributed by atoms with Crippen molar-refractivity contribution in [2.45, 2.75) is 18.6 Å². The number of amides is 1. The Kier molecular flexibility index (Phi) is 4.25. The van der Waals surface area contributed by atoms with Crippen LogP contribution in [-0.2, 0) is 0 Å². The molecule has 1 amide bonds. The van der Waals surface area contributed by atoms with Crippen molar-refractivity contribution in [3.05, 3.63) is 30.0 Å². The van der Waals surface area contributed by atoms with Crippen molar-refractivity contribution in [3.8, 4) is 0 Å². The largest absolute Gasteiger partial charge is 0.352 e. The second-order valence-corrected chi connectivity index (χ2v) is 5.54. The Balaban J connectivity index is 1.95. The lowest BCUT2D eigenvalue weighted by molar-refractivity contribution is 0.0953. The molecule has 0 aliphatic carbocycles. The van der Waals surface area contributed by atoms with Crippen LogP contribution < -0.4 is 5.32 Å². The maximum absolute atomic E-state index is 11.9. The van der Waals surface area contributed by atoms with Gasteiger partial charge in [0.05, 0.1) is 11.7 Å². The lowest BCUT2D eigenvalue weighted by atomic mass is 10.1. The third-order valence-corrected chi connectivity index (χ3v) is 3.98. The molecule has 1 heterocycles. The third-order valence-electron chi connectivity index (χ3n) is 2.94. The molecular weight excluding hydrogens is 246 g/mol. The lowest BCUT2D eigenvalue weighted by Gasteiger charge is -2.09. The van der Waals surface area contributed by atoms with Gasteiger partial charge in [-0.2, -0.15) is 16.9 Å². The van der Waals surface area contributed by atoms with Gasteiger partial charge in [0, 0.05) is 22.7 Å². The first-order valence-corrected chi connectivity index (χ1v) is 7.23. The van der Waals surface area contributed by atoms with E-state index in [-0.39, 0.29) is 5.91 Å². The fraction of sp³-hybridized carbons (Fsp3) is 0.385. The molecule has 5 heteroatoms. The number of carbonyl (C=O) groups excluding carboxylic acids is 1. The molecule has 96 valence electrons. The van der Waals surface area contributed by atoms with Gasteiger partial charge in [-0.15, -0.1) is 0 Å². The highest BCUT2D eigenvalue weighted by molar-refractivity contribution is 7.99. The predicted molar refractivity (Wildman–Crippen MR) is 76.0 cm³/mol. The SMILES string of the molecule is CSC(C)CCNC(=O)c1ccc2cn[nH]c2c1. The van der Waals surface area contributed by atoms with Crippen molar-refractivity contribution < 1.29 is 4.79 Å². The van der Waals surface area contributed by atoms with E-state index in [9.17, 15) is 4.79 Å². The topological polar surface area (TPSA) is 57.8 Å². The number of nitrogens with zero attached hydrogens (tertiary/aromatic N) is 1. The van der Waals surface area contributed by atoms with E-state index in [1.165, 1.54) is 0 Å². The number of fused-ring (bicyclic) bond motifs is 1. The van der Waals surface area contributed by atoms with Crippen molar-refractivity contribution in [3.63, 3.8) is 0 Å². The summed E-state index contributed by atoms with van der Waals surface area (Å²) in [7, 11) is 0. The number of H-pyrrole nitrogens is 1. The van der Waals surface area contributed by atoms with Crippen LogP contribution in [0.5, 0.6) is 0 Å². The van der Waals surface area contributed by atoms with E-state index in [0.717, 1.165) is 17.3 Å². The smallest absolute Gasteiger partial charge is 0.251 e. The minimum Gasteiger partial charge on any atom is -0.352 e. The number of carbonyl (C=O) groups is 1. The van der Waals surface area contributed by atoms with Crippen LogP contribution in [0.25, 0.3) is 10.9 Å². The molecule has 0 fully saturated rings. The number of hydrogen-bond donors (Lipinski definition) is 2. The molecule has 0 spiro atoms. The molecule has 0 aliphatic rings. The zero-order valence-electron chi connectivity index (χ0n) is 10.6. The van der Waals surface area contributed by atoms with Crippen LogP contribution in [-0.4, -0.2) is 34.2 Å². The number of rotatable bonds is 5. The zero-order chi connectivity index (χ0) is 13.0. The predicted octanol–water partition coefficient (Wildman–Crippen LogP) is 2.43. The summed E-state index contributed by atoms with van der Waals surface area (Å²) in [5.74, 6) is -0.0280. The second-order valence-electron chi connectivity index (χ2n) is 4.26.